The van der Waals surface area contributed by atoms with Gasteiger partial charge in [-0.15, -0.1) is 0 Å². The molecule has 0 aromatic rings. The Bertz CT molecular complexity index is 366. The van der Waals surface area contributed by atoms with Gasteiger partial charge in [0.05, 0.1) is 5.92 Å². The van der Waals surface area contributed by atoms with Gasteiger partial charge in [-0.3, -0.25) is 4.79 Å². The van der Waals surface area contributed by atoms with Crippen molar-refractivity contribution >= 4 is 11.9 Å². The largest absolute Gasteiger partial charge is 0.480 e. The smallest absolute Gasteiger partial charge is 0.391 e. The standard InChI is InChI=1S/C12H18F3NO3/c1-11(2,10(18)19)16-9(17)7-4-3-5-8(6-7)12(13,14)15/h7-8H,3-6H2,1-2H3,(H,16,17)(H,18,19)/t7-,8-/m0/s1. The zero-order chi connectivity index (χ0) is 14.8. The number of alkyl halides is 3. The van der Waals surface area contributed by atoms with Crippen molar-refractivity contribution in [2.45, 2.75) is 51.2 Å². The molecular weight excluding hydrogens is 263 g/mol. The maximum absolute atomic E-state index is 12.6. The van der Waals surface area contributed by atoms with Crippen LogP contribution in [0, 0.1) is 11.8 Å². The number of carbonyl (C=O) groups is 2. The van der Waals surface area contributed by atoms with Crippen LogP contribution in [0.5, 0.6) is 0 Å². The summed E-state index contributed by atoms with van der Waals surface area (Å²) in [7, 11) is 0. The van der Waals surface area contributed by atoms with Gasteiger partial charge in [0.2, 0.25) is 5.91 Å². The van der Waals surface area contributed by atoms with Crippen LogP contribution in [0.1, 0.15) is 39.5 Å². The molecule has 0 radical (unpaired) electrons. The second-order valence-corrected chi connectivity index (χ2v) is 5.52. The number of rotatable bonds is 3. The van der Waals surface area contributed by atoms with E-state index in [9.17, 15) is 22.8 Å². The molecular formula is C12H18F3NO3. The van der Waals surface area contributed by atoms with E-state index in [0.29, 0.717) is 12.8 Å². The molecule has 110 valence electrons. The van der Waals surface area contributed by atoms with Crippen molar-refractivity contribution < 1.29 is 27.9 Å². The molecule has 1 amide bonds. The van der Waals surface area contributed by atoms with Crippen molar-refractivity contribution in [3.05, 3.63) is 0 Å². The number of carboxylic acid groups (broad SMARTS) is 1. The van der Waals surface area contributed by atoms with Crippen LogP contribution in [0.25, 0.3) is 0 Å². The predicted octanol–water partition coefficient (Wildman–Crippen LogP) is 2.33. The van der Waals surface area contributed by atoms with Gasteiger partial charge < -0.3 is 10.4 Å². The summed E-state index contributed by atoms with van der Waals surface area (Å²) in [5, 5.41) is 11.2. The lowest BCUT2D eigenvalue weighted by molar-refractivity contribution is -0.186. The van der Waals surface area contributed by atoms with Crippen molar-refractivity contribution in [1.82, 2.24) is 5.32 Å². The van der Waals surface area contributed by atoms with Gasteiger partial charge in [-0.25, -0.2) is 4.79 Å². The molecule has 1 fully saturated rings. The molecule has 2 atom stereocenters. The fourth-order valence-electron chi connectivity index (χ4n) is 2.19. The van der Waals surface area contributed by atoms with Crippen LogP contribution in [0.2, 0.25) is 0 Å². The third kappa shape index (κ3) is 4.11. The van der Waals surface area contributed by atoms with Crippen LogP contribution in [0.3, 0.4) is 0 Å². The van der Waals surface area contributed by atoms with Crippen LogP contribution in [0.4, 0.5) is 13.2 Å². The van der Waals surface area contributed by atoms with Crippen LogP contribution < -0.4 is 5.32 Å². The molecule has 0 unspecified atom stereocenters. The molecule has 19 heavy (non-hydrogen) atoms. The Kier molecular flexibility index (Phi) is 4.47. The zero-order valence-electron chi connectivity index (χ0n) is 10.9. The molecule has 1 aliphatic carbocycles. The minimum atomic E-state index is -4.29. The topological polar surface area (TPSA) is 66.4 Å². The number of hydrogen-bond acceptors (Lipinski definition) is 2. The highest BCUT2D eigenvalue weighted by atomic mass is 19.4. The molecule has 1 rings (SSSR count). The van der Waals surface area contributed by atoms with Crippen molar-refractivity contribution in [2.75, 3.05) is 0 Å². The summed E-state index contributed by atoms with van der Waals surface area (Å²) in [5.74, 6) is -4.06. The Morgan fingerprint density at radius 2 is 1.79 bits per heavy atom. The predicted molar refractivity (Wildman–Crippen MR) is 61.4 cm³/mol. The monoisotopic (exact) mass is 281 g/mol. The summed E-state index contributed by atoms with van der Waals surface area (Å²) in [4.78, 5) is 22.7. The van der Waals surface area contributed by atoms with Gasteiger partial charge in [0.1, 0.15) is 5.54 Å². The van der Waals surface area contributed by atoms with Gasteiger partial charge in [-0.1, -0.05) is 6.42 Å². The number of amides is 1. The van der Waals surface area contributed by atoms with E-state index in [1.807, 2.05) is 0 Å². The fraction of sp³-hybridized carbons (Fsp3) is 0.833. The van der Waals surface area contributed by atoms with Gasteiger partial charge in [0.15, 0.2) is 0 Å². The molecule has 0 bridgehead atoms. The van der Waals surface area contributed by atoms with E-state index in [-0.39, 0.29) is 12.8 Å². The summed E-state index contributed by atoms with van der Waals surface area (Å²) in [6.45, 7) is 2.61. The number of carboxylic acids is 1. The third-order valence-electron chi connectivity index (χ3n) is 3.48. The highest BCUT2D eigenvalue weighted by Gasteiger charge is 2.44. The Labute approximate surface area is 109 Å². The van der Waals surface area contributed by atoms with E-state index < -0.39 is 35.4 Å². The minimum Gasteiger partial charge on any atom is -0.480 e. The van der Waals surface area contributed by atoms with Crippen molar-refractivity contribution in [1.29, 1.82) is 0 Å². The van der Waals surface area contributed by atoms with Crippen molar-refractivity contribution in [3.8, 4) is 0 Å². The second kappa shape index (κ2) is 5.38. The van der Waals surface area contributed by atoms with Crippen molar-refractivity contribution in [2.24, 2.45) is 11.8 Å². The number of hydrogen-bond donors (Lipinski definition) is 2. The highest BCUT2D eigenvalue weighted by Crippen LogP contribution is 2.40. The third-order valence-corrected chi connectivity index (χ3v) is 3.48. The minimum absolute atomic E-state index is 0.0373. The first-order valence-corrected chi connectivity index (χ1v) is 6.16. The fourth-order valence-corrected chi connectivity index (χ4v) is 2.19. The Morgan fingerprint density at radius 3 is 2.26 bits per heavy atom. The van der Waals surface area contributed by atoms with Crippen LogP contribution in [-0.2, 0) is 9.59 Å². The number of nitrogens with one attached hydrogen (secondary N) is 1. The Morgan fingerprint density at radius 1 is 1.21 bits per heavy atom. The van der Waals surface area contributed by atoms with Crippen LogP contribution >= 0.6 is 0 Å². The molecule has 1 saturated carbocycles. The number of aliphatic carboxylic acids is 1. The summed E-state index contributed by atoms with van der Waals surface area (Å²) in [6, 6.07) is 0. The van der Waals surface area contributed by atoms with Crippen molar-refractivity contribution in [3.63, 3.8) is 0 Å². The van der Waals surface area contributed by atoms with E-state index in [1.165, 1.54) is 13.8 Å². The summed E-state index contributed by atoms with van der Waals surface area (Å²) >= 11 is 0. The molecule has 7 heteroatoms. The van der Waals surface area contributed by atoms with Gasteiger partial charge in [-0.05, 0) is 33.1 Å². The van der Waals surface area contributed by atoms with Gasteiger partial charge in [0, 0.05) is 5.92 Å². The summed E-state index contributed by atoms with van der Waals surface area (Å²) < 4.78 is 37.9. The number of carbonyl (C=O) groups excluding carboxylic acids is 1. The second-order valence-electron chi connectivity index (χ2n) is 5.52. The molecule has 0 aliphatic heterocycles. The summed E-state index contributed by atoms with van der Waals surface area (Å²) in [6.07, 6.45) is -3.81. The van der Waals surface area contributed by atoms with Gasteiger partial charge in [-0.2, -0.15) is 13.2 Å². The molecule has 0 heterocycles. The van der Waals surface area contributed by atoms with E-state index in [4.69, 9.17) is 5.11 Å². The lowest BCUT2D eigenvalue weighted by Gasteiger charge is -2.31. The Hall–Kier alpha value is -1.27. The lowest BCUT2D eigenvalue weighted by Crippen LogP contribution is -2.52. The Balaban J connectivity index is 2.65. The van der Waals surface area contributed by atoms with E-state index in [2.05, 4.69) is 5.32 Å². The van der Waals surface area contributed by atoms with Crippen LogP contribution in [0.15, 0.2) is 0 Å². The zero-order valence-corrected chi connectivity index (χ0v) is 10.9. The maximum Gasteiger partial charge on any atom is 0.391 e. The normalized spacial score (nSPS) is 24.9. The van der Waals surface area contributed by atoms with Crippen LogP contribution in [-0.4, -0.2) is 28.7 Å². The number of halogens is 3. The quantitative estimate of drug-likeness (QED) is 0.834. The first-order valence-electron chi connectivity index (χ1n) is 6.16. The highest BCUT2D eigenvalue weighted by molar-refractivity contribution is 5.87. The maximum atomic E-state index is 12.6. The SMILES string of the molecule is CC(C)(NC(=O)[C@H]1CCC[C@H](C(F)(F)F)C1)C(=O)O. The lowest BCUT2D eigenvalue weighted by atomic mass is 9.80. The van der Waals surface area contributed by atoms with Gasteiger partial charge >= 0.3 is 12.1 Å². The average Bonchev–Trinajstić information content (AvgIpc) is 2.27. The van der Waals surface area contributed by atoms with E-state index in [0.717, 1.165) is 0 Å². The molecule has 2 N–H and O–H groups in total. The van der Waals surface area contributed by atoms with E-state index >= 15 is 0 Å². The first kappa shape index (κ1) is 15.8. The molecule has 0 aromatic heterocycles. The summed E-state index contributed by atoms with van der Waals surface area (Å²) in [5.41, 5.74) is -1.47. The van der Waals surface area contributed by atoms with E-state index in [1.54, 1.807) is 0 Å². The molecule has 0 aromatic carbocycles. The molecule has 0 saturated heterocycles. The molecule has 1 aliphatic rings. The first-order chi connectivity index (χ1) is 8.54. The molecule has 4 nitrogen and oxygen atoms in total. The molecule has 0 spiro atoms. The average molecular weight is 281 g/mol. The van der Waals surface area contributed by atoms with Gasteiger partial charge in [0.25, 0.3) is 0 Å².